The predicted molar refractivity (Wildman–Crippen MR) is 64.4 cm³/mol. The summed E-state index contributed by atoms with van der Waals surface area (Å²) in [5.74, 6) is -1.29. The van der Waals surface area contributed by atoms with Crippen molar-refractivity contribution in [2.45, 2.75) is 57.5 Å². The SMILES string of the molecule is CCC(C)(N)C(=O)NC1CCCC(C(=O)O)C1. The summed E-state index contributed by atoms with van der Waals surface area (Å²) in [5, 5.41) is 11.8. The van der Waals surface area contributed by atoms with Crippen LogP contribution in [0.3, 0.4) is 0 Å². The minimum atomic E-state index is -0.865. The summed E-state index contributed by atoms with van der Waals surface area (Å²) in [5.41, 5.74) is 4.98. The van der Waals surface area contributed by atoms with Crippen LogP contribution in [0.1, 0.15) is 46.0 Å². The third-order valence-corrected chi connectivity index (χ3v) is 3.61. The molecule has 98 valence electrons. The molecule has 0 heterocycles. The van der Waals surface area contributed by atoms with Crippen molar-refractivity contribution in [1.82, 2.24) is 5.32 Å². The Hall–Kier alpha value is -1.10. The van der Waals surface area contributed by atoms with Gasteiger partial charge in [0.05, 0.1) is 11.5 Å². The van der Waals surface area contributed by atoms with E-state index in [2.05, 4.69) is 5.32 Å². The Morgan fingerprint density at radius 1 is 1.47 bits per heavy atom. The molecular formula is C12H22N2O3. The highest BCUT2D eigenvalue weighted by Crippen LogP contribution is 2.24. The number of amides is 1. The Bertz CT molecular complexity index is 302. The van der Waals surface area contributed by atoms with Crippen molar-refractivity contribution < 1.29 is 14.7 Å². The maximum atomic E-state index is 11.9. The molecule has 1 rings (SSSR count). The van der Waals surface area contributed by atoms with Gasteiger partial charge < -0.3 is 16.2 Å². The standard InChI is InChI=1S/C12H22N2O3/c1-3-12(2,13)11(17)14-9-6-4-5-8(7-9)10(15)16/h8-9H,3-7,13H2,1-2H3,(H,14,17)(H,15,16). The number of carbonyl (C=O) groups is 2. The third kappa shape index (κ3) is 3.70. The molecule has 1 amide bonds. The number of rotatable bonds is 4. The van der Waals surface area contributed by atoms with Gasteiger partial charge in [0, 0.05) is 6.04 Å². The molecule has 1 aliphatic rings. The Morgan fingerprint density at radius 2 is 2.12 bits per heavy atom. The van der Waals surface area contributed by atoms with E-state index in [1.807, 2.05) is 6.92 Å². The molecule has 1 saturated carbocycles. The summed E-state index contributed by atoms with van der Waals surface area (Å²) in [7, 11) is 0. The lowest BCUT2D eigenvalue weighted by Gasteiger charge is -2.30. The van der Waals surface area contributed by atoms with Crippen LogP contribution in [-0.4, -0.2) is 28.6 Å². The fourth-order valence-corrected chi connectivity index (χ4v) is 2.06. The average Bonchev–Trinajstić information content (AvgIpc) is 2.29. The van der Waals surface area contributed by atoms with Gasteiger partial charge in [-0.05, 0) is 32.6 Å². The number of carbonyl (C=O) groups excluding carboxylic acids is 1. The van der Waals surface area contributed by atoms with Crippen molar-refractivity contribution in [1.29, 1.82) is 0 Å². The Morgan fingerprint density at radius 3 is 2.65 bits per heavy atom. The topological polar surface area (TPSA) is 92.4 Å². The van der Waals surface area contributed by atoms with Gasteiger partial charge in [-0.15, -0.1) is 0 Å². The Labute approximate surface area is 102 Å². The normalized spacial score (nSPS) is 28.2. The zero-order valence-electron chi connectivity index (χ0n) is 10.5. The van der Waals surface area contributed by atoms with Crippen molar-refractivity contribution >= 4 is 11.9 Å². The summed E-state index contributed by atoms with van der Waals surface area (Å²) in [4.78, 5) is 22.8. The van der Waals surface area contributed by atoms with E-state index in [0.29, 0.717) is 19.3 Å². The van der Waals surface area contributed by atoms with E-state index < -0.39 is 11.5 Å². The lowest BCUT2D eigenvalue weighted by Crippen LogP contribution is -2.54. The van der Waals surface area contributed by atoms with Crippen LogP contribution in [-0.2, 0) is 9.59 Å². The van der Waals surface area contributed by atoms with E-state index >= 15 is 0 Å². The second-order valence-electron chi connectivity index (χ2n) is 5.14. The maximum Gasteiger partial charge on any atom is 0.306 e. The molecule has 5 nitrogen and oxygen atoms in total. The van der Waals surface area contributed by atoms with Gasteiger partial charge in [-0.3, -0.25) is 9.59 Å². The van der Waals surface area contributed by atoms with Crippen molar-refractivity contribution in [3.63, 3.8) is 0 Å². The van der Waals surface area contributed by atoms with E-state index in [4.69, 9.17) is 10.8 Å². The smallest absolute Gasteiger partial charge is 0.306 e. The van der Waals surface area contributed by atoms with Crippen LogP contribution in [0.4, 0.5) is 0 Å². The Kier molecular flexibility index (Phi) is 4.51. The van der Waals surface area contributed by atoms with E-state index in [1.165, 1.54) is 0 Å². The summed E-state index contributed by atoms with van der Waals surface area (Å²) in [6.07, 6.45) is 3.47. The second kappa shape index (κ2) is 5.49. The molecule has 0 aromatic heterocycles. The summed E-state index contributed by atoms with van der Waals surface area (Å²) in [6, 6.07) is -0.0493. The van der Waals surface area contributed by atoms with Gasteiger partial charge >= 0.3 is 5.97 Å². The van der Waals surface area contributed by atoms with E-state index in [-0.39, 0.29) is 17.9 Å². The van der Waals surface area contributed by atoms with Crippen LogP contribution >= 0.6 is 0 Å². The van der Waals surface area contributed by atoms with Gasteiger partial charge in [0.2, 0.25) is 5.91 Å². The van der Waals surface area contributed by atoms with Gasteiger partial charge in [-0.25, -0.2) is 0 Å². The Balaban J connectivity index is 2.52. The first-order valence-corrected chi connectivity index (χ1v) is 6.19. The number of nitrogens with one attached hydrogen (secondary N) is 1. The molecule has 17 heavy (non-hydrogen) atoms. The van der Waals surface area contributed by atoms with E-state index in [0.717, 1.165) is 12.8 Å². The quantitative estimate of drug-likeness (QED) is 0.682. The molecule has 1 fully saturated rings. The zero-order valence-corrected chi connectivity index (χ0v) is 10.5. The first-order valence-electron chi connectivity index (χ1n) is 6.19. The van der Waals surface area contributed by atoms with Gasteiger partial charge in [0.15, 0.2) is 0 Å². The van der Waals surface area contributed by atoms with Crippen molar-refractivity contribution in [2.75, 3.05) is 0 Å². The molecule has 3 unspecified atom stereocenters. The molecule has 1 aliphatic carbocycles. The van der Waals surface area contributed by atoms with Crippen LogP contribution in [0, 0.1) is 5.92 Å². The summed E-state index contributed by atoms with van der Waals surface area (Å²) in [6.45, 7) is 3.56. The highest BCUT2D eigenvalue weighted by molar-refractivity contribution is 5.85. The van der Waals surface area contributed by atoms with Crippen LogP contribution < -0.4 is 11.1 Å². The molecule has 4 N–H and O–H groups in total. The van der Waals surface area contributed by atoms with Crippen molar-refractivity contribution in [2.24, 2.45) is 11.7 Å². The first-order chi connectivity index (χ1) is 7.86. The molecule has 0 radical (unpaired) electrons. The second-order valence-corrected chi connectivity index (χ2v) is 5.14. The minimum absolute atomic E-state index is 0.0493. The maximum absolute atomic E-state index is 11.9. The highest BCUT2D eigenvalue weighted by atomic mass is 16.4. The molecule has 3 atom stereocenters. The van der Waals surface area contributed by atoms with E-state index in [9.17, 15) is 9.59 Å². The molecular weight excluding hydrogens is 220 g/mol. The lowest BCUT2D eigenvalue weighted by atomic mass is 9.85. The molecule has 0 aromatic rings. The van der Waals surface area contributed by atoms with Crippen LogP contribution in [0.15, 0.2) is 0 Å². The van der Waals surface area contributed by atoms with Gasteiger partial charge in [0.1, 0.15) is 0 Å². The van der Waals surface area contributed by atoms with Crippen molar-refractivity contribution in [3.8, 4) is 0 Å². The summed E-state index contributed by atoms with van der Waals surface area (Å²) >= 11 is 0. The van der Waals surface area contributed by atoms with Crippen LogP contribution in [0.5, 0.6) is 0 Å². The monoisotopic (exact) mass is 242 g/mol. The zero-order chi connectivity index (χ0) is 13.1. The molecule has 0 aromatic carbocycles. The van der Waals surface area contributed by atoms with E-state index in [1.54, 1.807) is 6.92 Å². The molecule has 0 bridgehead atoms. The molecule has 0 spiro atoms. The fraction of sp³-hybridized carbons (Fsp3) is 0.833. The third-order valence-electron chi connectivity index (χ3n) is 3.61. The predicted octanol–water partition coefficient (Wildman–Crippen LogP) is 0.873. The number of carboxylic acid groups (broad SMARTS) is 1. The van der Waals surface area contributed by atoms with Gasteiger partial charge in [0.25, 0.3) is 0 Å². The number of carboxylic acids is 1. The number of nitrogens with two attached hydrogens (primary N) is 1. The molecule has 0 aliphatic heterocycles. The minimum Gasteiger partial charge on any atom is -0.481 e. The summed E-state index contributed by atoms with van der Waals surface area (Å²) < 4.78 is 0. The molecule has 0 saturated heterocycles. The fourth-order valence-electron chi connectivity index (χ4n) is 2.06. The number of hydrogen-bond donors (Lipinski definition) is 3. The largest absolute Gasteiger partial charge is 0.481 e. The number of aliphatic carboxylic acids is 1. The lowest BCUT2D eigenvalue weighted by molar-refractivity contribution is -0.143. The van der Waals surface area contributed by atoms with Crippen LogP contribution in [0.2, 0.25) is 0 Å². The average molecular weight is 242 g/mol. The van der Waals surface area contributed by atoms with Gasteiger partial charge in [-0.1, -0.05) is 13.3 Å². The number of hydrogen-bond acceptors (Lipinski definition) is 3. The first kappa shape index (κ1) is 14.0. The van der Waals surface area contributed by atoms with Gasteiger partial charge in [-0.2, -0.15) is 0 Å². The van der Waals surface area contributed by atoms with Crippen molar-refractivity contribution in [3.05, 3.63) is 0 Å². The van der Waals surface area contributed by atoms with Crippen LogP contribution in [0.25, 0.3) is 0 Å². The highest BCUT2D eigenvalue weighted by Gasteiger charge is 2.32. The molecule has 5 heteroatoms.